The molecule has 0 aliphatic rings. The summed E-state index contributed by atoms with van der Waals surface area (Å²) in [5, 5.41) is 14.9. The first-order valence-corrected chi connectivity index (χ1v) is 7.42. The minimum absolute atomic E-state index is 0.0438. The zero-order valence-corrected chi connectivity index (χ0v) is 11.9. The number of hydrogen-bond donors (Lipinski definition) is 2. The van der Waals surface area contributed by atoms with Crippen molar-refractivity contribution in [2.45, 2.75) is 9.24 Å². The molecule has 3 rings (SSSR count). The molecule has 0 fully saturated rings. The molecule has 100 valence electrons. The molecule has 0 amide bonds. The lowest BCUT2D eigenvalue weighted by Crippen LogP contribution is -2.14. The molecule has 0 aliphatic carbocycles. The molecular formula is C13H10N4OS2. The molecule has 0 saturated heterocycles. The Bertz CT molecular complexity index is 771. The average Bonchev–Trinajstić information content (AvgIpc) is 3.00. The zero-order chi connectivity index (χ0) is 13.9. The summed E-state index contributed by atoms with van der Waals surface area (Å²) in [6.45, 7) is 0. The largest absolute Gasteiger partial charge is 0.409 e. The van der Waals surface area contributed by atoms with Crippen LogP contribution in [0.25, 0.3) is 10.9 Å². The van der Waals surface area contributed by atoms with E-state index in [-0.39, 0.29) is 5.84 Å². The van der Waals surface area contributed by atoms with Gasteiger partial charge in [0.1, 0.15) is 0 Å². The van der Waals surface area contributed by atoms with Gasteiger partial charge >= 0.3 is 0 Å². The van der Waals surface area contributed by atoms with Crippen molar-refractivity contribution in [2.24, 2.45) is 10.9 Å². The molecule has 0 aliphatic heterocycles. The van der Waals surface area contributed by atoms with Crippen LogP contribution in [0.1, 0.15) is 5.56 Å². The third kappa shape index (κ3) is 2.33. The number of oxime groups is 1. The minimum Gasteiger partial charge on any atom is -0.409 e. The second-order valence-corrected chi connectivity index (χ2v) is 6.06. The third-order valence-corrected chi connectivity index (χ3v) is 4.74. The van der Waals surface area contributed by atoms with E-state index in [1.54, 1.807) is 23.7 Å². The van der Waals surface area contributed by atoms with Crippen LogP contribution >= 0.6 is 23.1 Å². The fraction of sp³-hybridized carbons (Fsp3) is 0. The minimum atomic E-state index is 0.0438. The molecule has 20 heavy (non-hydrogen) atoms. The summed E-state index contributed by atoms with van der Waals surface area (Å²) in [4.78, 5) is 9.49. The lowest BCUT2D eigenvalue weighted by molar-refractivity contribution is 0.318. The SMILES string of the molecule is N/C(=N/O)c1cnc2ccccc2c1Sc1nccs1. The van der Waals surface area contributed by atoms with Gasteiger partial charge in [0.15, 0.2) is 10.2 Å². The maximum absolute atomic E-state index is 8.92. The Morgan fingerprint density at radius 1 is 1.30 bits per heavy atom. The summed E-state index contributed by atoms with van der Waals surface area (Å²) < 4.78 is 0.897. The summed E-state index contributed by atoms with van der Waals surface area (Å²) in [6.07, 6.45) is 3.37. The highest BCUT2D eigenvalue weighted by molar-refractivity contribution is 8.01. The van der Waals surface area contributed by atoms with Gasteiger partial charge in [-0.05, 0) is 6.07 Å². The van der Waals surface area contributed by atoms with E-state index in [0.717, 1.165) is 20.1 Å². The van der Waals surface area contributed by atoms with Crippen molar-refractivity contribution in [3.63, 3.8) is 0 Å². The van der Waals surface area contributed by atoms with Crippen LogP contribution in [0.4, 0.5) is 0 Å². The van der Waals surface area contributed by atoms with Gasteiger partial charge in [-0.1, -0.05) is 35.1 Å². The lowest BCUT2D eigenvalue weighted by Gasteiger charge is -2.09. The predicted molar refractivity (Wildman–Crippen MR) is 80.5 cm³/mol. The van der Waals surface area contributed by atoms with Gasteiger partial charge in [-0.15, -0.1) is 11.3 Å². The van der Waals surface area contributed by atoms with Gasteiger partial charge in [-0.2, -0.15) is 0 Å². The topological polar surface area (TPSA) is 84.4 Å². The van der Waals surface area contributed by atoms with Gasteiger partial charge in [0.05, 0.1) is 11.1 Å². The third-order valence-electron chi connectivity index (χ3n) is 2.71. The van der Waals surface area contributed by atoms with E-state index in [1.807, 2.05) is 29.6 Å². The molecule has 0 unspecified atom stereocenters. The van der Waals surface area contributed by atoms with E-state index < -0.39 is 0 Å². The average molecular weight is 302 g/mol. The fourth-order valence-corrected chi connectivity index (χ4v) is 3.62. The Kier molecular flexibility index (Phi) is 3.53. The maximum atomic E-state index is 8.92. The van der Waals surface area contributed by atoms with Crippen molar-refractivity contribution in [2.75, 3.05) is 0 Å². The number of aromatic nitrogens is 2. The lowest BCUT2D eigenvalue weighted by atomic mass is 10.1. The molecule has 0 atom stereocenters. The summed E-state index contributed by atoms with van der Waals surface area (Å²) in [5.74, 6) is 0.0438. The quantitative estimate of drug-likeness (QED) is 0.336. The van der Waals surface area contributed by atoms with Crippen LogP contribution in [0.5, 0.6) is 0 Å². The molecule has 1 aromatic carbocycles. The van der Waals surface area contributed by atoms with E-state index in [2.05, 4.69) is 15.1 Å². The summed E-state index contributed by atoms with van der Waals surface area (Å²) in [6, 6.07) is 7.76. The Morgan fingerprint density at radius 2 is 2.15 bits per heavy atom. The first-order chi connectivity index (χ1) is 9.79. The van der Waals surface area contributed by atoms with E-state index in [4.69, 9.17) is 10.9 Å². The summed E-state index contributed by atoms with van der Waals surface area (Å²) in [7, 11) is 0. The second-order valence-electron chi connectivity index (χ2n) is 3.90. The monoisotopic (exact) mass is 302 g/mol. The number of nitrogens with two attached hydrogens (primary N) is 1. The maximum Gasteiger partial charge on any atom is 0.172 e. The van der Waals surface area contributed by atoms with Gasteiger partial charge in [-0.3, -0.25) is 4.98 Å². The highest BCUT2D eigenvalue weighted by Crippen LogP contribution is 2.36. The van der Waals surface area contributed by atoms with Crippen LogP contribution in [-0.2, 0) is 0 Å². The Morgan fingerprint density at radius 3 is 2.90 bits per heavy atom. The molecule has 2 heterocycles. The van der Waals surface area contributed by atoms with Crippen LogP contribution in [-0.4, -0.2) is 21.0 Å². The highest BCUT2D eigenvalue weighted by Gasteiger charge is 2.14. The number of thiazole rings is 1. The zero-order valence-electron chi connectivity index (χ0n) is 10.2. The smallest absolute Gasteiger partial charge is 0.172 e. The molecule has 0 bridgehead atoms. The van der Waals surface area contributed by atoms with E-state index in [0.29, 0.717) is 5.56 Å². The number of fused-ring (bicyclic) bond motifs is 1. The molecule has 0 spiro atoms. The number of hydrogen-bond acceptors (Lipinski definition) is 6. The Balaban J connectivity index is 2.23. The van der Waals surface area contributed by atoms with Crippen LogP contribution in [0, 0.1) is 0 Å². The Hall–Kier alpha value is -2.12. The van der Waals surface area contributed by atoms with E-state index in [9.17, 15) is 0 Å². The summed E-state index contributed by atoms with van der Waals surface area (Å²) >= 11 is 3.03. The highest BCUT2D eigenvalue weighted by atomic mass is 32.2. The van der Waals surface area contributed by atoms with Gasteiger partial charge in [-0.25, -0.2) is 4.98 Å². The van der Waals surface area contributed by atoms with Crippen LogP contribution in [0.15, 0.2) is 56.4 Å². The van der Waals surface area contributed by atoms with Gasteiger partial charge in [0, 0.05) is 28.1 Å². The Labute approximate surface area is 123 Å². The van der Waals surface area contributed by atoms with Crippen molar-refractivity contribution in [1.29, 1.82) is 0 Å². The first kappa shape index (κ1) is 12.9. The fourth-order valence-electron chi connectivity index (χ4n) is 1.81. The molecule has 0 saturated carbocycles. The van der Waals surface area contributed by atoms with E-state index >= 15 is 0 Å². The molecule has 0 radical (unpaired) electrons. The van der Waals surface area contributed by atoms with Crippen molar-refractivity contribution < 1.29 is 5.21 Å². The van der Waals surface area contributed by atoms with E-state index in [1.165, 1.54) is 11.8 Å². The van der Waals surface area contributed by atoms with Crippen LogP contribution in [0.2, 0.25) is 0 Å². The molecule has 2 aromatic heterocycles. The number of benzene rings is 1. The molecular weight excluding hydrogens is 292 g/mol. The number of nitrogens with zero attached hydrogens (tertiary/aromatic N) is 3. The van der Waals surface area contributed by atoms with Crippen molar-refractivity contribution in [3.8, 4) is 0 Å². The molecule has 3 N–H and O–H groups in total. The van der Waals surface area contributed by atoms with Crippen molar-refractivity contribution in [3.05, 3.63) is 47.6 Å². The normalized spacial score (nSPS) is 11.9. The number of amidine groups is 1. The standard InChI is InChI=1S/C13H10N4OS2/c14-12(17-18)9-7-16-10-4-2-1-3-8(10)11(9)20-13-15-5-6-19-13/h1-7,18H,(H2,14,17). The number of pyridine rings is 1. The van der Waals surface area contributed by atoms with Gasteiger partial charge < -0.3 is 10.9 Å². The summed E-state index contributed by atoms with van der Waals surface area (Å²) in [5.41, 5.74) is 7.21. The molecule has 7 heteroatoms. The first-order valence-electron chi connectivity index (χ1n) is 5.72. The molecule has 3 aromatic rings. The van der Waals surface area contributed by atoms with Gasteiger partial charge in [0.2, 0.25) is 0 Å². The number of para-hydroxylation sites is 1. The van der Waals surface area contributed by atoms with Crippen molar-refractivity contribution >= 4 is 39.8 Å². The second kappa shape index (κ2) is 5.48. The van der Waals surface area contributed by atoms with Crippen LogP contribution < -0.4 is 5.73 Å². The predicted octanol–water partition coefficient (Wildman–Crippen LogP) is 2.94. The van der Waals surface area contributed by atoms with Crippen LogP contribution in [0.3, 0.4) is 0 Å². The molecule has 5 nitrogen and oxygen atoms in total. The number of rotatable bonds is 3. The van der Waals surface area contributed by atoms with Gasteiger partial charge in [0.25, 0.3) is 0 Å². The van der Waals surface area contributed by atoms with Crippen molar-refractivity contribution in [1.82, 2.24) is 9.97 Å².